The smallest absolute Gasteiger partial charge is 0.361 e. The molecule has 0 amide bonds. The van der Waals surface area contributed by atoms with E-state index in [9.17, 15) is 13.2 Å². The number of aromatic nitrogens is 2. The van der Waals surface area contributed by atoms with Crippen LogP contribution in [-0.4, -0.2) is 16.0 Å². The molecule has 0 aliphatic rings. The number of nitrogens with one attached hydrogen (secondary N) is 1. The van der Waals surface area contributed by atoms with Gasteiger partial charge in [-0.2, -0.15) is 18.3 Å². The summed E-state index contributed by atoms with van der Waals surface area (Å²) < 4.78 is 39.4. The third-order valence-corrected chi connectivity index (χ3v) is 2.67. The third-order valence-electron chi connectivity index (χ3n) is 2.67. The van der Waals surface area contributed by atoms with E-state index in [0.717, 1.165) is 0 Å². The van der Waals surface area contributed by atoms with Gasteiger partial charge in [0.15, 0.2) is 0 Å². The van der Waals surface area contributed by atoms with Crippen molar-refractivity contribution in [2.75, 3.05) is 5.32 Å². The summed E-state index contributed by atoms with van der Waals surface area (Å²) in [6.07, 6.45) is -3.49. The van der Waals surface area contributed by atoms with Gasteiger partial charge in [0.25, 0.3) is 0 Å². The fourth-order valence-corrected chi connectivity index (χ4v) is 1.84. The van der Waals surface area contributed by atoms with E-state index in [0.29, 0.717) is 11.4 Å². The first-order valence-corrected chi connectivity index (χ1v) is 5.82. The van der Waals surface area contributed by atoms with Gasteiger partial charge in [-0.1, -0.05) is 30.3 Å². The van der Waals surface area contributed by atoms with E-state index in [-0.39, 0.29) is 0 Å². The van der Waals surface area contributed by atoms with Crippen LogP contribution in [-0.2, 0) is 7.05 Å². The van der Waals surface area contributed by atoms with E-state index >= 15 is 0 Å². The maximum atomic E-state index is 12.6. The van der Waals surface area contributed by atoms with Crippen LogP contribution in [0.2, 0.25) is 0 Å². The second-order valence-electron chi connectivity index (χ2n) is 4.30. The molecule has 0 fully saturated rings. The zero-order valence-electron chi connectivity index (χ0n) is 10.4. The van der Waals surface area contributed by atoms with Gasteiger partial charge < -0.3 is 5.32 Å². The maximum Gasteiger partial charge on any atom is 0.391 e. The summed E-state index contributed by atoms with van der Waals surface area (Å²) in [7, 11) is 1.71. The van der Waals surface area contributed by atoms with Gasteiger partial charge in [0.2, 0.25) is 0 Å². The Labute approximate surface area is 109 Å². The zero-order valence-corrected chi connectivity index (χ0v) is 10.4. The number of aryl methyl sites for hydroxylation is 1. The second kappa shape index (κ2) is 5.34. The highest BCUT2D eigenvalue weighted by Gasteiger charge is 2.32. The summed E-state index contributed by atoms with van der Waals surface area (Å²) >= 11 is 0. The van der Waals surface area contributed by atoms with Gasteiger partial charge in [0.1, 0.15) is 5.82 Å². The Bertz CT molecular complexity index is 519. The lowest BCUT2D eigenvalue weighted by Gasteiger charge is -2.20. The van der Waals surface area contributed by atoms with Crippen molar-refractivity contribution >= 4 is 5.82 Å². The highest BCUT2D eigenvalue weighted by Crippen LogP contribution is 2.31. The molecule has 19 heavy (non-hydrogen) atoms. The summed E-state index contributed by atoms with van der Waals surface area (Å²) in [6, 6.07) is 9.37. The van der Waals surface area contributed by atoms with Crippen LogP contribution >= 0.6 is 0 Å². The molecule has 1 heterocycles. The Hall–Kier alpha value is -1.98. The fraction of sp³-hybridized carbons (Fsp3) is 0.308. The van der Waals surface area contributed by atoms with Gasteiger partial charge in [-0.25, -0.2) is 0 Å². The fourth-order valence-electron chi connectivity index (χ4n) is 1.84. The number of hydrogen-bond acceptors (Lipinski definition) is 2. The first-order chi connectivity index (χ1) is 8.94. The number of nitrogens with zero attached hydrogens (tertiary/aromatic N) is 2. The second-order valence-corrected chi connectivity index (χ2v) is 4.30. The summed E-state index contributed by atoms with van der Waals surface area (Å²) in [4.78, 5) is 0. The topological polar surface area (TPSA) is 29.9 Å². The zero-order chi connectivity index (χ0) is 13.9. The van der Waals surface area contributed by atoms with Crippen molar-refractivity contribution in [1.82, 2.24) is 9.78 Å². The lowest BCUT2D eigenvalue weighted by molar-refractivity contribution is -0.137. The van der Waals surface area contributed by atoms with Crippen molar-refractivity contribution in [2.24, 2.45) is 7.05 Å². The molecule has 0 saturated carbocycles. The summed E-state index contributed by atoms with van der Waals surface area (Å²) in [6.45, 7) is 0. The van der Waals surface area contributed by atoms with Crippen LogP contribution in [0.4, 0.5) is 19.0 Å². The molecule has 1 N–H and O–H groups in total. The van der Waals surface area contributed by atoms with E-state index < -0.39 is 18.6 Å². The van der Waals surface area contributed by atoms with E-state index in [1.165, 1.54) is 4.68 Å². The average molecular weight is 269 g/mol. The van der Waals surface area contributed by atoms with Crippen LogP contribution in [0.3, 0.4) is 0 Å². The quantitative estimate of drug-likeness (QED) is 0.920. The molecule has 0 bridgehead atoms. The Balaban J connectivity index is 2.19. The van der Waals surface area contributed by atoms with Crippen LogP contribution in [0.15, 0.2) is 42.6 Å². The molecule has 0 saturated heterocycles. The summed E-state index contributed by atoms with van der Waals surface area (Å²) in [5.41, 5.74) is 0.588. The molecule has 6 heteroatoms. The largest absolute Gasteiger partial charge is 0.391 e. The first kappa shape index (κ1) is 13.5. The third kappa shape index (κ3) is 4.01. The number of hydrogen-bond donors (Lipinski definition) is 1. The van der Waals surface area contributed by atoms with E-state index in [4.69, 9.17) is 0 Å². The molecular weight excluding hydrogens is 255 g/mol. The molecule has 0 radical (unpaired) electrons. The minimum absolute atomic E-state index is 0.431. The maximum absolute atomic E-state index is 12.6. The van der Waals surface area contributed by atoms with Crippen LogP contribution in [0.5, 0.6) is 0 Å². The SMILES string of the molecule is Cn1ccc(NC(CC(F)(F)F)c2ccccc2)n1. The van der Waals surface area contributed by atoms with Crippen molar-refractivity contribution in [2.45, 2.75) is 18.6 Å². The van der Waals surface area contributed by atoms with Gasteiger partial charge in [0, 0.05) is 19.3 Å². The number of rotatable bonds is 4. The van der Waals surface area contributed by atoms with E-state index in [2.05, 4.69) is 10.4 Å². The van der Waals surface area contributed by atoms with Crippen molar-refractivity contribution in [1.29, 1.82) is 0 Å². The van der Waals surface area contributed by atoms with Crippen LogP contribution < -0.4 is 5.32 Å². The van der Waals surface area contributed by atoms with E-state index in [1.54, 1.807) is 49.6 Å². The molecule has 3 nitrogen and oxygen atoms in total. The predicted octanol–water partition coefficient (Wildman–Crippen LogP) is 3.53. The van der Waals surface area contributed by atoms with Crippen LogP contribution in [0, 0.1) is 0 Å². The lowest BCUT2D eigenvalue weighted by Crippen LogP contribution is -2.20. The molecule has 1 atom stereocenters. The van der Waals surface area contributed by atoms with Crippen molar-refractivity contribution in [3.63, 3.8) is 0 Å². The average Bonchev–Trinajstić information content (AvgIpc) is 2.73. The summed E-state index contributed by atoms with van der Waals surface area (Å²) in [5.74, 6) is 0.431. The van der Waals surface area contributed by atoms with Crippen molar-refractivity contribution in [3.05, 3.63) is 48.2 Å². The van der Waals surface area contributed by atoms with Crippen LogP contribution in [0.1, 0.15) is 18.0 Å². The highest BCUT2D eigenvalue weighted by molar-refractivity contribution is 5.37. The molecule has 2 rings (SSSR count). The number of halogens is 3. The Morgan fingerprint density at radius 1 is 1.21 bits per heavy atom. The minimum Gasteiger partial charge on any atom is -0.361 e. The van der Waals surface area contributed by atoms with Crippen LogP contribution in [0.25, 0.3) is 0 Å². The van der Waals surface area contributed by atoms with Gasteiger partial charge in [-0.15, -0.1) is 0 Å². The van der Waals surface area contributed by atoms with Gasteiger partial charge in [-0.3, -0.25) is 4.68 Å². The molecule has 1 aromatic carbocycles. The Kier molecular flexibility index (Phi) is 3.78. The van der Waals surface area contributed by atoms with Gasteiger partial charge >= 0.3 is 6.18 Å². The molecule has 0 spiro atoms. The molecule has 1 aromatic heterocycles. The normalized spacial score (nSPS) is 13.3. The Morgan fingerprint density at radius 2 is 1.89 bits per heavy atom. The molecule has 102 valence electrons. The Morgan fingerprint density at radius 3 is 2.42 bits per heavy atom. The van der Waals surface area contributed by atoms with Crippen molar-refractivity contribution < 1.29 is 13.2 Å². The van der Waals surface area contributed by atoms with Gasteiger partial charge in [-0.05, 0) is 5.56 Å². The standard InChI is InChI=1S/C13H14F3N3/c1-19-8-7-12(18-19)17-11(9-13(14,15)16)10-5-3-2-4-6-10/h2-8,11H,9H2,1H3,(H,17,18). The molecule has 0 aliphatic carbocycles. The first-order valence-electron chi connectivity index (χ1n) is 5.82. The highest BCUT2D eigenvalue weighted by atomic mass is 19.4. The molecule has 1 unspecified atom stereocenters. The van der Waals surface area contributed by atoms with Crippen molar-refractivity contribution in [3.8, 4) is 0 Å². The predicted molar refractivity (Wildman–Crippen MR) is 66.7 cm³/mol. The monoisotopic (exact) mass is 269 g/mol. The molecular formula is C13H14F3N3. The number of benzene rings is 1. The van der Waals surface area contributed by atoms with Gasteiger partial charge in [0.05, 0.1) is 12.5 Å². The minimum atomic E-state index is -4.23. The summed E-state index contributed by atoms with van der Waals surface area (Å²) in [5, 5.41) is 6.86. The lowest BCUT2D eigenvalue weighted by atomic mass is 10.0. The number of alkyl halides is 3. The molecule has 0 aliphatic heterocycles. The van der Waals surface area contributed by atoms with E-state index in [1.807, 2.05) is 0 Å². The molecule has 2 aromatic rings. The number of anilines is 1.